The third-order valence-electron chi connectivity index (χ3n) is 3.55. The van der Waals surface area contributed by atoms with Crippen molar-refractivity contribution in [1.29, 1.82) is 0 Å². The van der Waals surface area contributed by atoms with Gasteiger partial charge in [0.1, 0.15) is 17.0 Å². The Labute approximate surface area is 145 Å². The van der Waals surface area contributed by atoms with E-state index < -0.39 is 5.97 Å². The van der Waals surface area contributed by atoms with Crippen molar-refractivity contribution in [3.05, 3.63) is 40.6 Å². The average molecular weight is 351 g/mol. The summed E-state index contributed by atoms with van der Waals surface area (Å²) in [5.41, 5.74) is 1.02. The molecule has 1 aromatic heterocycles. The number of ether oxygens (including phenoxy) is 1. The fourth-order valence-electron chi connectivity index (χ4n) is 2.07. The molecule has 0 bridgehead atoms. The van der Waals surface area contributed by atoms with Crippen molar-refractivity contribution in [2.75, 3.05) is 6.61 Å². The highest BCUT2D eigenvalue weighted by molar-refractivity contribution is 6.33. The van der Waals surface area contributed by atoms with Crippen LogP contribution in [0.5, 0.6) is 0 Å². The Morgan fingerprint density at radius 1 is 1.38 bits per heavy atom. The largest absolute Gasteiger partial charge is 0.452 e. The molecule has 0 saturated carbocycles. The van der Waals surface area contributed by atoms with Gasteiger partial charge < -0.3 is 14.6 Å². The summed E-state index contributed by atoms with van der Waals surface area (Å²) in [6, 6.07) is 6.99. The van der Waals surface area contributed by atoms with E-state index in [0.29, 0.717) is 22.0 Å². The molecule has 1 amide bonds. The number of hydrogen-bond acceptors (Lipinski definition) is 5. The summed E-state index contributed by atoms with van der Waals surface area (Å²) in [6.07, 6.45) is 0.793. The number of nitrogens with zero attached hydrogens (tertiary/aromatic N) is 1. The van der Waals surface area contributed by atoms with Crippen LogP contribution in [-0.4, -0.2) is 29.7 Å². The van der Waals surface area contributed by atoms with Crippen LogP contribution in [0.4, 0.5) is 0 Å². The molecule has 0 unspecified atom stereocenters. The van der Waals surface area contributed by atoms with Gasteiger partial charge in [-0.25, -0.2) is 4.79 Å². The molecule has 1 N–H and O–H groups in total. The molecule has 2 aromatic rings. The molecule has 1 aromatic carbocycles. The molecule has 128 valence electrons. The highest BCUT2D eigenvalue weighted by Crippen LogP contribution is 2.31. The van der Waals surface area contributed by atoms with Gasteiger partial charge in [0.25, 0.3) is 5.91 Å². The molecule has 2 rings (SSSR count). The molecular weight excluding hydrogens is 332 g/mol. The average Bonchev–Trinajstić information content (AvgIpc) is 2.94. The first-order chi connectivity index (χ1) is 11.4. The summed E-state index contributed by atoms with van der Waals surface area (Å²) < 4.78 is 10.2. The summed E-state index contributed by atoms with van der Waals surface area (Å²) in [5.74, 6) is -0.730. The van der Waals surface area contributed by atoms with E-state index in [1.807, 2.05) is 13.8 Å². The Hall–Kier alpha value is -2.34. The fraction of sp³-hybridized carbons (Fsp3) is 0.353. The number of aromatic nitrogens is 1. The lowest BCUT2D eigenvalue weighted by molar-refractivity contribution is -0.124. The van der Waals surface area contributed by atoms with Crippen LogP contribution in [0.25, 0.3) is 11.3 Å². The number of esters is 1. The minimum atomic E-state index is -0.678. The number of amides is 1. The van der Waals surface area contributed by atoms with Crippen molar-refractivity contribution < 1.29 is 18.8 Å². The van der Waals surface area contributed by atoms with Crippen molar-refractivity contribution >= 4 is 23.5 Å². The third kappa shape index (κ3) is 4.14. The number of carbonyl (C=O) groups excluding carboxylic acids is 2. The number of rotatable bonds is 6. The van der Waals surface area contributed by atoms with Gasteiger partial charge in [-0.2, -0.15) is 0 Å². The van der Waals surface area contributed by atoms with Gasteiger partial charge in [-0.15, -0.1) is 0 Å². The number of aryl methyl sites for hydroxylation is 1. The monoisotopic (exact) mass is 350 g/mol. The topological polar surface area (TPSA) is 81.4 Å². The zero-order valence-corrected chi connectivity index (χ0v) is 14.5. The smallest absolute Gasteiger partial charge is 0.344 e. The molecule has 0 radical (unpaired) electrons. The Bertz CT molecular complexity index is 742. The molecule has 0 spiro atoms. The Morgan fingerprint density at radius 3 is 2.75 bits per heavy atom. The van der Waals surface area contributed by atoms with Crippen LogP contribution in [0, 0.1) is 6.92 Å². The second-order valence-electron chi connectivity index (χ2n) is 5.40. The lowest BCUT2D eigenvalue weighted by Gasteiger charge is -2.11. The van der Waals surface area contributed by atoms with E-state index in [-0.39, 0.29) is 24.1 Å². The second-order valence-corrected chi connectivity index (χ2v) is 5.80. The van der Waals surface area contributed by atoms with Crippen LogP contribution < -0.4 is 5.32 Å². The predicted octanol–water partition coefficient (Wildman–Crippen LogP) is 3.37. The SMILES string of the molecule is CC[C@@H](C)NC(=O)COC(=O)c1c(-c2ccccc2Cl)noc1C. The quantitative estimate of drug-likeness (QED) is 0.808. The Morgan fingerprint density at radius 2 is 2.08 bits per heavy atom. The zero-order chi connectivity index (χ0) is 17.7. The predicted molar refractivity (Wildman–Crippen MR) is 89.9 cm³/mol. The third-order valence-corrected chi connectivity index (χ3v) is 3.88. The molecule has 7 heteroatoms. The van der Waals surface area contributed by atoms with E-state index >= 15 is 0 Å². The van der Waals surface area contributed by atoms with Gasteiger partial charge in [0.2, 0.25) is 0 Å². The van der Waals surface area contributed by atoms with E-state index in [4.69, 9.17) is 20.9 Å². The molecule has 0 aliphatic rings. The first kappa shape index (κ1) is 18.0. The normalized spacial score (nSPS) is 11.8. The number of benzene rings is 1. The highest BCUT2D eigenvalue weighted by Gasteiger charge is 2.24. The van der Waals surface area contributed by atoms with Gasteiger partial charge in [-0.1, -0.05) is 41.9 Å². The molecule has 24 heavy (non-hydrogen) atoms. The molecule has 0 fully saturated rings. The van der Waals surface area contributed by atoms with Gasteiger partial charge in [0, 0.05) is 11.6 Å². The zero-order valence-electron chi connectivity index (χ0n) is 13.8. The number of hydrogen-bond donors (Lipinski definition) is 1. The van der Waals surface area contributed by atoms with E-state index in [1.54, 1.807) is 31.2 Å². The lowest BCUT2D eigenvalue weighted by atomic mass is 10.1. The van der Waals surface area contributed by atoms with Crippen LogP contribution in [0.3, 0.4) is 0 Å². The highest BCUT2D eigenvalue weighted by atomic mass is 35.5. The van der Waals surface area contributed by atoms with E-state index in [1.165, 1.54) is 0 Å². The lowest BCUT2D eigenvalue weighted by Crippen LogP contribution is -2.35. The van der Waals surface area contributed by atoms with Crippen LogP contribution >= 0.6 is 11.6 Å². The van der Waals surface area contributed by atoms with Gasteiger partial charge >= 0.3 is 5.97 Å². The molecule has 6 nitrogen and oxygen atoms in total. The van der Waals surface area contributed by atoms with Crippen molar-refractivity contribution in [2.24, 2.45) is 0 Å². The maximum absolute atomic E-state index is 12.3. The number of carbonyl (C=O) groups is 2. The van der Waals surface area contributed by atoms with Gasteiger partial charge in [-0.05, 0) is 26.3 Å². The fourth-order valence-corrected chi connectivity index (χ4v) is 2.30. The van der Waals surface area contributed by atoms with Gasteiger partial charge in [-0.3, -0.25) is 4.79 Å². The molecule has 1 heterocycles. The van der Waals surface area contributed by atoms with E-state index in [2.05, 4.69) is 10.5 Å². The van der Waals surface area contributed by atoms with Crippen molar-refractivity contribution in [2.45, 2.75) is 33.2 Å². The summed E-state index contributed by atoms with van der Waals surface area (Å²) in [5, 5.41) is 7.06. The van der Waals surface area contributed by atoms with Crippen molar-refractivity contribution in [3.8, 4) is 11.3 Å². The Balaban J connectivity index is 2.15. The summed E-state index contributed by atoms with van der Waals surface area (Å²) in [6.45, 7) is 5.06. The molecule has 0 aliphatic carbocycles. The first-order valence-corrected chi connectivity index (χ1v) is 7.99. The summed E-state index contributed by atoms with van der Waals surface area (Å²) in [7, 11) is 0. The maximum atomic E-state index is 12.3. The van der Waals surface area contributed by atoms with E-state index in [0.717, 1.165) is 6.42 Å². The summed E-state index contributed by atoms with van der Waals surface area (Å²) in [4.78, 5) is 24.1. The first-order valence-electron chi connectivity index (χ1n) is 7.61. The second kappa shape index (κ2) is 7.97. The standard InChI is InChI=1S/C17H19ClN2O4/c1-4-10(2)19-14(21)9-23-17(22)15-11(3)24-20-16(15)12-7-5-6-8-13(12)18/h5-8,10H,4,9H2,1-3H3,(H,19,21)/t10-/m1/s1. The van der Waals surface area contributed by atoms with Gasteiger partial charge in [0.15, 0.2) is 6.61 Å². The van der Waals surface area contributed by atoms with Crippen molar-refractivity contribution in [1.82, 2.24) is 10.5 Å². The molecular formula is C17H19ClN2O4. The van der Waals surface area contributed by atoms with Gasteiger partial charge in [0.05, 0.1) is 5.02 Å². The minimum Gasteiger partial charge on any atom is -0.452 e. The van der Waals surface area contributed by atoms with E-state index in [9.17, 15) is 9.59 Å². The van der Waals surface area contributed by atoms with Crippen LogP contribution in [-0.2, 0) is 9.53 Å². The molecule has 0 saturated heterocycles. The summed E-state index contributed by atoms with van der Waals surface area (Å²) >= 11 is 6.15. The van der Waals surface area contributed by atoms with Crippen LogP contribution in [0.15, 0.2) is 28.8 Å². The van der Waals surface area contributed by atoms with Crippen molar-refractivity contribution in [3.63, 3.8) is 0 Å². The number of halogens is 1. The maximum Gasteiger partial charge on any atom is 0.344 e. The van der Waals surface area contributed by atoms with Crippen LogP contribution in [0.2, 0.25) is 5.02 Å². The minimum absolute atomic E-state index is 0.0206. The Kier molecular flexibility index (Phi) is 5.98. The molecule has 1 atom stereocenters. The van der Waals surface area contributed by atoms with Crippen LogP contribution in [0.1, 0.15) is 36.4 Å². The molecule has 0 aliphatic heterocycles. The number of nitrogens with one attached hydrogen (secondary N) is 1.